The van der Waals surface area contributed by atoms with Crippen LogP contribution >= 0.6 is 0 Å². The van der Waals surface area contributed by atoms with Gasteiger partial charge >= 0.3 is 0 Å². The molecule has 134 valence electrons. The predicted molar refractivity (Wildman–Crippen MR) is 99.5 cm³/mol. The molecule has 25 heavy (non-hydrogen) atoms. The number of hydrogen-bond acceptors (Lipinski definition) is 4. The van der Waals surface area contributed by atoms with Crippen molar-refractivity contribution in [2.24, 2.45) is 0 Å². The smallest absolute Gasteiger partial charge is 0.218 e. The molecule has 0 spiro atoms. The summed E-state index contributed by atoms with van der Waals surface area (Å²) in [4.78, 5) is 6.84. The first-order valence-corrected chi connectivity index (χ1v) is 10.3. The van der Waals surface area contributed by atoms with Crippen molar-refractivity contribution in [2.75, 3.05) is 26.2 Å². The summed E-state index contributed by atoms with van der Waals surface area (Å²) in [5, 5.41) is 0. The van der Waals surface area contributed by atoms with Gasteiger partial charge in [0, 0.05) is 31.9 Å². The molecule has 3 rings (SSSR count). The molecular weight excluding hydrogens is 334 g/mol. The number of rotatable bonds is 5. The van der Waals surface area contributed by atoms with Gasteiger partial charge in [-0.3, -0.25) is 9.88 Å². The lowest BCUT2D eigenvalue weighted by Gasteiger charge is -2.21. The predicted octanol–water partition coefficient (Wildman–Crippen LogP) is 2.43. The summed E-state index contributed by atoms with van der Waals surface area (Å²) in [6.07, 6.45) is 0.847. The molecule has 0 saturated carbocycles. The number of nitrogens with zero attached hydrogens (tertiary/aromatic N) is 3. The van der Waals surface area contributed by atoms with E-state index >= 15 is 0 Å². The van der Waals surface area contributed by atoms with Crippen LogP contribution in [0.3, 0.4) is 0 Å². The van der Waals surface area contributed by atoms with Crippen LogP contribution in [-0.4, -0.2) is 48.8 Å². The molecule has 6 heteroatoms. The van der Waals surface area contributed by atoms with Gasteiger partial charge in [0.2, 0.25) is 10.0 Å². The van der Waals surface area contributed by atoms with Gasteiger partial charge < -0.3 is 0 Å². The van der Waals surface area contributed by atoms with Gasteiger partial charge in [-0.15, -0.1) is 0 Å². The molecule has 2 aromatic rings. The average Bonchev–Trinajstić information content (AvgIpc) is 2.82. The van der Waals surface area contributed by atoms with Crippen molar-refractivity contribution in [3.05, 3.63) is 65.5 Å². The van der Waals surface area contributed by atoms with Gasteiger partial charge in [-0.2, -0.15) is 0 Å². The monoisotopic (exact) mass is 359 g/mol. The lowest BCUT2D eigenvalue weighted by molar-refractivity contribution is 0.275. The van der Waals surface area contributed by atoms with E-state index < -0.39 is 10.0 Å². The Bertz CT molecular complexity index is 793. The molecule has 0 bridgehead atoms. The maximum Gasteiger partial charge on any atom is 0.218 e. The molecule has 1 aliphatic heterocycles. The Morgan fingerprint density at radius 3 is 2.52 bits per heavy atom. The van der Waals surface area contributed by atoms with E-state index in [1.807, 2.05) is 55.5 Å². The Morgan fingerprint density at radius 2 is 1.76 bits per heavy atom. The largest absolute Gasteiger partial charge is 0.296 e. The van der Waals surface area contributed by atoms with E-state index in [-0.39, 0.29) is 5.75 Å². The van der Waals surface area contributed by atoms with Crippen LogP contribution in [0.5, 0.6) is 0 Å². The summed E-state index contributed by atoms with van der Waals surface area (Å²) < 4.78 is 27.1. The van der Waals surface area contributed by atoms with Gasteiger partial charge in [0.05, 0.1) is 11.4 Å². The van der Waals surface area contributed by atoms with E-state index in [1.54, 1.807) is 4.31 Å². The quantitative estimate of drug-likeness (QED) is 0.823. The third-order valence-corrected chi connectivity index (χ3v) is 6.31. The SMILES string of the molecule is Cc1cccc(CN2CCCN(S(=O)(=O)Cc3ccccc3)CC2)n1. The number of sulfonamides is 1. The first-order chi connectivity index (χ1) is 12.0. The Kier molecular flexibility index (Phi) is 5.83. The fourth-order valence-corrected chi connectivity index (χ4v) is 4.74. The molecule has 0 aliphatic carbocycles. The summed E-state index contributed by atoms with van der Waals surface area (Å²) >= 11 is 0. The van der Waals surface area contributed by atoms with Crippen molar-refractivity contribution < 1.29 is 8.42 Å². The maximum atomic E-state index is 12.7. The highest BCUT2D eigenvalue weighted by Gasteiger charge is 2.25. The van der Waals surface area contributed by atoms with Crippen LogP contribution < -0.4 is 0 Å². The minimum absolute atomic E-state index is 0.0767. The van der Waals surface area contributed by atoms with Gasteiger partial charge in [0.25, 0.3) is 0 Å². The zero-order chi connectivity index (χ0) is 17.7. The van der Waals surface area contributed by atoms with Crippen LogP contribution in [0.25, 0.3) is 0 Å². The zero-order valence-electron chi connectivity index (χ0n) is 14.6. The molecule has 0 radical (unpaired) electrons. The van der Waals surface area contributed by atoms with Crippen molar-refractivity contribution in [2.45, 2.75) is 25.6 Å². The molecule has 0 amide bonds. The molecule has 0 unspecified atom stereocenters. The summed E-state index contributed by atoms with van der Waals surface area (Å²) in [6, 6.07) is 15.4. The van der Waals surface area contributed by atoms with Gasteiger partial charge in [-0.1, -0.05) is 36.4 Å². The van der Waals surface area contributed by atoms with E-state index in [2.05, 4.69) is 9.88 Å². The molecule has 5 nitrogen and oxygen atoms in total. The van der Waals surface area contributed by atoms with Gasteiger partial charge in [-0.05, 0) is 37.6 Å². The van der Waals surface area contributed by atoms with E-state index in [9.17, 15) is 8.42 Å². The second kappa shape index (κ2) is 8.08. The Balaban J connectivity index is 1.61. The minimum Gasteiger partial charge on any atom is -0.296 e. The minimum atomic E-state index is -3.27. The molecule has 1 saturated heterocycles. The molecular formula is C19H25N3O2S. The van der Waals surface area contributed by atoms with E-state index in [4.69, 9.17) is 0 Å². The standard InChI is InChI=1S/C19H25N3O2S/c1-17-7-5-10-19(20-17)15-21-11-6-12-22(14-13-21)25(23,24)16-18-8-3-2-4-9-18/h2-5,7-10H,6,11-16H2,1H3. The molecule has 2 heterocycles. The van der Waals surface area contributed by atoms with Gasteiger partial charge in [0.15, 0.2) is 0 Å². The lowest BCUT2D eigenvalue weighted by Crippen LogP contribution is -2.35. The van der Waals surface area contributed by atoms with Crippen LogP contribution in [0.15, 0.2) is 48.5 Å². The summed E-state index contributed by atoms with van der Waals surface area (Å²) in [6.45, 7) is 5.53. The number of aryl methyl sites for hydroxylation is 1. The number of pyridine rings is 1. The topological polar surface area (TPSA) is 53.5 Å². The van der Waals surface area contributed by atoms with Crippen molar-refractivity contribution in [3.8, 4) is 0 Å². The van der Waals surface area contributed by atoms with E-state index in [1.165, 1.54) is 0 Å². The Hall–Kier alpha value is -1.76. The second-order valence-corrected chi connectivity index (χ2v) is 8.51. The third-order valence-electron chi connectivity index (χ3n) is 4.46. The highest BCUT2D eigenvalue weighted by atomic mass is 32.2. The van der Waals surface area contributed by atoms with Gasteiger partial charge in [-0.25, -0.2) is 12.7 Å². The van der Waals surface area contributed by atoms with E-state index in [0.717, 1.165) is 43.0 Å². The van der Waals surface area contributed by atoms with Crippen LogP contribution in [0, 0.1) is 6.92 Å². The molecule has 1 aliphatic rings. The maximum absolute atomic E-state index is 12.7. The molecule has 1 aromatic carbocycles. The second-order valence-electron chi connectivity index (χ2n) is 6.54. The number of aromatic nitrogens is 1. The highest BCUT2D eigenvalue weighted by molar-refractivity contribution is 7.88. The van der Waals surface area contributed by atoms with Crippen LogP contribution in [0.4, 0.5) is 0 Å². The Labute approximate surface area is 150 Å². The molecule has 0 N–H and O–H groups in total. The fraction of sp³-hybridized carbons (Fsp3) is 0.421. The van der Waals surface area contributed by atoms with Crippen LogP contribution in [0.2, 0.25) is 0 Å². The first-order valence-electron chi connectivity index (χ1n) is 8.69. The van der Waals surface area contributed by atoms with Crippen LogP contribution in [-0.2, 0) is 22.3 Å². The van der Waals surface area contributed by atoms with Crippen molar-refractivity contribution in [1.29, 1.82) is 0 Å². The fourth-order valence-electron chi connectivity index (χ4n) is 3.18. The van der Waals surface area contributed by atoms with E-state index in [0.29, 0.717) is 13.1 Å². The molecule has 1 fully saturated rings. The van der Waals surface area contributed by atoms with Gasteiger partial charge in [0.1, 0.15) is 0 Å². The normalized spacial score (nSPS) is 17.3. The molecule has 0 atom stereocenters. The lowest BCUT2D eigenvalue weighted by atomic mass is 10.2. The number of hydrogen-bond donors (Lipinski definition) is 0. The molecule has 1 aromatic heterocycles. The van der Waals surface area contributed by atoms with Crippen molar-refractivity contribution >= 4 is 10.0 Å². The average molecular weight is 359 g/mol. The summed E-state index contributed by atoms with van der Waals surface area (Å²) in [5.74, 6) is 0.0767. The first kappa shape index (κ1) is 18.0. The summed E-state index contributed by atoms with van der Waals surface area (Å²) in [5.41, 5.74) is 2.90. The van der Waals surface area contributed by atoms with Crippen molar-refractivity contribution in [3.63, 3.8) is 0 Å². The Morgan fingerprint density at radius 1 is 0.960 bits per heavy atom. The van der Waals surface area contributed by atoms with Crippen molar-refractivity contribution in [1.82, 2.24) is 14.2 Å². The van der Waals surface area contributed by atoms with Crippen LogP contribution in [0.1, 0.15) is 23.4 Å². The third kappa shape index (κ3) is 5.11. The summed E-state index contributed by atoms with van der Waals surface area (Å²) in [7, 11) is -3.27. The zero-order valence-corrected chi connectivity index (χ0v) is 15.5. The highest BCUT2D eigenvalue weighted by Crippen LogP contribution is 2.15. The number of benzene rings is 1.